The molecule has 0 aromatic carbocycles. The third-order valence-corrected chi connectivity index (χ3v) is 7.01. The van der Waals surface area contributed by atoms with Gasteiger partial charge in [0.15, 0.2) is 5.65 Å². The van der Waals surface area contributed by atoms with E-state index in [1.807, 2.05) is 18.5 Å². The molecule has 1 fully saturated rings. The molecule has 0 unspecified atom stereocenters. The number of hydrogen-bond donors (Lipinski definition) is 1. The largest absolute Gasteiger partial charge is 0.304 e. The number of aromatic amines is 1. The van der Waals surface area contributed by atoms with Gasteiger partial charge in [-0.25, -0.2) is 4.98 Å². The minimum Gasteiger partial charge on any atom is -0.304 e. The monoisotopic (exact) mass is 449 g/mol. The highest BCUT2D eigenvalue weighted by atomic mass is 32.1. The number of likely N-dealkylation sites (N-methyl/N-ethyl adjacent to an activating group) is 1. The van der Waals surface area contributed by atoms with Gasteiger partial charge in [0.2, 0.25) is 0 Å². The molecule has 4 aromatic heterocycles. The SMILES string of the molecule is CCCn1c(=O)ccc2c(-c3cnc(-c4ccc(CN5CCN(C)CC5)nc4)s3)[nH]nc21. The molecule has 5 rings (SSSR count). The van der Waals surface area contributed by atoms with Gasteiger partial charge in [0.25, 0.3) is 5.56 Å². The number of pyridine rings is 2. The first-order valence-corrected chi connectivity index (χ1v) is 11.8. The zero-order valence-corrected chi connectivity index (χ0v) is 19.2. The Kier molecular flexibility index (Phi) is 5.86. The Balaban J connectivity index is 1.36. The number of aryl methyl sites for hydroxylation is 1. The second kappa shape index (κ2) is 8.93. The Hall–Kier alpha value is -2.88. The quantitative estimate of drug-likeness (QED) is 0.487. The molecular formula is C23H27N7OS. The van der Waals surface area contributed by atoms with Crippen LogP contribution in [0, 0.1) is 0 Å². The van der Waals surface area contributed by atoms with Crippen LogP contribution in [0.3, 0.4) is 0 Å². The zero-order valence-electron chi connectivity index (χ0n) is 18.4. The molecular weight excluding hydrogens is 422 g/mol. The molecule has 1 aliphatic heterocycles. The van der Waals surface area contributed by atoms with Crippen molar-refractivity contribution in [2.75, 3.05) is 33.2 Å². The van der Waals surface area contributed by atoms with Crippen LogP contribution in [0.15, 0.2) is 41.5 Å². The van der Waals surface area contributed by atoms with Crippen LogP contribution in [0.1, 0.15) is 19.0 Å². The minimum atomic E-state index is -0.0230. The number of thiazole rings is 1. The molecule has 166 valence electrons. The van der Waals surface area contributed by atoms with Crippen molar-refractivity contribution in [3.63, 3.8) is 0 Å². The fourth-order valence-electron chi connectivity index (χ4n) is 4.08. The Labute approximate surface area is 190 Å². The van der Waals surface area contributed by atoms with Crippen LogP contribution < -0.4 is 5.56 Å². The average molecular weight is 450 g/mol. The summed E-state index contributed by atoms with van der Waals surface area (Å²) in [7, 11) is 2.17. The molecule has 0 bridgehead atoms. The van der Waals surface area contributed by atoms with Crippen molar-refractivity contribution < 1.29 is 0 Å². The van der Waals surface area contributed by atoms with Crippen molar-refractivity contribution in [1.29, 1.82) is 0 Å². The number of aromatic nitrogens is 5. The van der Waals surface area contributed by atoms with Crippen LogP contribution >= 0.6 is 11.3 Å². The van der Waals surface area contributed by atoms with Gasteiger partial charge in [-0.3, -0.25) is 24.3 Å². The van der Waals surface area contributed by atoms with E-state index < -0.39 is 0 Å². The lowest BCUT2D eigenvalue weighted by Crippen LogP contribution is -2.43. The standard InChI is InChI=1S/C23H27N7OS/c1-3-8-30-20(31)7-6-18-21(26-27-22(18)30)19-14-25-23(32-19)16-4-5-17(24-13-16)15-29-11-9-28(2)10-12-29/h4-7,13-14H,3,8-12,15H2,1-2H3,(H,26,27). The predicted molar refractivity (Wildman–Crippen MR) is 128 cm³/mol. The Morgan fingerprint density at radius 2 is 1.91 bits per heavy atom. The molecule has 0 amide bonds. The van der Waals surface area contributed by atoms with Crippen LogP contribution in [-0.4, -0.2) is 67.8 Å². The van der Waals surface area contributed by atoms with Crippen molar-refractivity contribution in [3.05, 3.63) is 52.7 Å². The number of H-pyrrole nitrogens is 1. The lowest BCUT2D eigenvalue weighted by Gasteiger charge is -2.32. The molecule has 0 aliphatic carbocycles. The molecule has 0 atom stereocenters. The molecule has 5 heterocycles. The molecule has 1 saturated heterocycles. The normalized spacial score (nSPS) is 15.6. The summed E-state index contributed by atoms with van der Waals surface area (Å²) in [4.78, 5) is 27.3. The molecule has 1 aliphatic rings. The topological polar surface area (TPSA) is 82.9 Å². The maximum atomic E-state index is 12.2. The summed E-state index contributed by atoms with van der Waals surface area (Å²) in [6, 6.07) is 7.66. The number of nitrogens with one attached hydrogen (secondary N) is 1. The highest BCUT2D eigenvalue weighted by Crippen LogP contribution is 2.34. The molecule has 32 heavy (non-hydrogen) atoms. The minimum absolute atomic E-state index is 0.0230. The third-order valence-electron chi connectivity index (χ3n) is 5.95. The van der Waals surface area contributed by atoms with Gasteiger partial charge in [0.1, 0.15) is 5.01 Å². The van der Waals surface area contributed by atoms with Gasteiger partial charge in [-0.05, 0) is 31.7 Å². The summed E-state index contributed by atoms with van der Waals surface area (Å²) in [6.07, 6.45) is 4.65. The van der Waals surface area contributed by atoms with Gasteiger partial charge in [0, 0.05) is 68.7 Å². The number of rotatable bonds is 6. The summed E-state index contributed by atoms with van der Waals surface area (Å²) < 4.78 is 1.72. The van der Waals surface area contributed by atoms with Crippen LogP contribution in [0.4, 0.5) is 0 Å². The Morgan fingerprint density at radius 1 is 1.06 bits per heavy atom. The first-order chi connectivity index (χ1) is 15.6. The van der Waals surface area contributed by atoms with Crippen molar-refractivity contribution in [2.45, 2.75) is 26.4 Å². The summed E-state index contributed by atoms with van der Waals surface area (Å²) in [5, 5.41) is 9.40. The van der Waals surface area contributed by atoms with E-state index in [0.717, 1.165) is 71.4 Å². The lowest BCUT2D eigenvalue weighted by molar-refractivity contribution is 0.147. The van der Waals surface area contributed by atoms with Crippen LogP contribution in [0.2, 0.25) is 0 Å². The second-order valence-corrected chi connectivity index (χ2v) is 9.34. The van der Waals surface area contributed by atoms with Crippen LogP contribution in [0.25, 0.3) is 32.2 Å². The van der Waals surface area contributed by atoms with E-state index in [1.54, 1.807) is 22.0 Å². The van der Waals surface area contributed by atoms with E-state index >= 15 is 0 Å². The number of fused-ring (bicyclic) bond motifs is 1. The Bertz CT molecular complexity index is 1270. The summed E-state index contributed by atoms with van der Waals surface area (Å²) in [6.45, 7) is 7.98. The van der Waals surface area contributed by atoms with Gasteiger partial charge in [-0.2, -0.15) is 5.10 Å². The predicted octanol–water partition coefficient (Wildman–Crippen LogP) is 3.07. The van der Waals surface area contributed by atoms with Crippen LogP contribution in [-0.2, 0) is 13.1 Å². The molecule has 4 aromatic rings. The fraction of sp³-hybridized carbons (Fsp3) is 0.391. The Morgan fingerprint density at radius 3 is 2.66 bits per heavy atom. The molecule has 0 radical (unpaired) electrons. The average Bonchev–Trinajstić information content (AvgIpc) is 3.45. The molecule has 0 spiro atoms. The van der Waals surface area contributed by atoms with E-state index in [1.165, 1.54) is 0 Å². The molecule has 1 N–H and O–H groups in total. The van der Waals surface area contributed by atoms with Gasteiger partial charge >= 0.3 is 0 Å². The van der Waals surface area contributed by atoms with Crippen molar-refractivity contribution in [2.24, 2.45) is 0 Å². The lowest BCUT2D eigenvalue weighted by atomic mass is 10.2. The van der Waals surface area contributed by atoms with Crippen molar-refractivity contribution >= 4 is 22.4 Å². The highest BCUT2D eigenvalue weighted by molar-refractivity contribution is 7.18. The highest BCUT2D eigenvalue weighted by Gasteiger charge is 2.16. The van der Waals surface area contributed by atoms with Gasteiger partial charge in [-0.15, -0.1) is 11.3 Å². The van der Waals surface area contributed by atoms with E-state index in [0.29, 0.717) is 12.2 Å². The van der Waals surface area contributed by atoms with Gasteiger partial charge < -0.3 is 4.90 Å². The first-order valence-electron chi connectivity index (χ1n) is 11.0. The molecule has 0 saturated carbocycles. The van der Waals surface area contributed by atoms with E-state index in [2.05, 4.69) is 56.1 Å². The summed E-state index contributed by atoms with van der Waals surface area (Å²) >= 11 is 1.60. The van der Waals surface area contributed by atoms with Crippen molar-refractivity contribution in [3.8, 4) is 21.1 Å². The first kappa shape index (κ1) is 21.0. The number of nitrogens with zero attached hydrogens (tertiary/aromatic N) is 6. The van der Waals surface area contributed by atoms with E-state index in [-0.39, 0.29) is 5.56 Å². The van der Waals surface area contributed by atoms with Gasteiger partial charge in [0.05, 0.1) is 16.3 Å². The second-order valence-electron chi connectivity index (χ2n) is 8.31. The third kappa shape index (κ3) is 4.11. The fourth-order valence-corrected chi connectivity index (χ4v) is 5.00. The maximum Gasteiger partial charge on any atom is 0.252 e. The summed E-state index contributed by atoms with van der Waals surface area (Å²) in [5.74, 6) is 0. The molecule has 8 nitrogen and oxygen atoms in total. The number of hydrogen-bond acceptors (Lipinski definition) is 7. The zero-order chi connectivity index (χ0) is 22.1. The van der Waals surface area contributed by atoms with E-state index in [4.69, 9.17) is 0 Å². The smallest absolute Gasteiger partial charge is 0.252 e. The van der Waals surface area contributed by atoms with Crippen molar-refractivity contribution in [1.82, 2.24) is 34.5 Å². The molecule has 9 heteroatoms. The maximum absolute atomic E-state index is 12.2. The van der Waals surface area contributed by atoms with Gasteiger partial charge in [-0.1, -0.05) is 6.92 Å². The van der Waals surface area contributed by atoms with E-state index in [9.17, 15) is 4.79 Å². The number of piperazine rings is 1. The summed E-state index contributed by atoms with van der Waals surface area (Å²) in [5.41, 5.74) is 3.66. The van der Waals surface area contributed by atoms with Crippen LogP contribution in [0.5, 0.6) is 0 Å².